The Balaban J connectivity index is 1.80. The van der Waals surface area contributed by atoms with Gasteiger partial charge in [0.15, 0.2) is 0 Å². The number of piperidine rings is 1. The molecule has 98 valence electrons. The molecule has 2 nitrogen and oxygen atoms in total. The average molecular weight is 244 g/mol. The second-order valence-electron chi connectivity index (χ2n) is 5.97. The average Bonchev–Trinajstić information content (AvgIpc) is 2.76. The topological polar surface area (TPSA) is 29.3 Å². The van der Waals surface area contributed by atoms with Crippen molar-refractivity contribution in [2.45, 2.75) is 56.7 Å². The summed E-state index contributed by atoms with van der Waals surface area (Å²) in [6.07, 6.45) is 7.83. The predicted octanol–water partition coefficient (Wildman–Crippen LogP) is 2.92. The second kappa shape index (κ2) is 5.02. The standard InChI is InChI=1S/C16H24N2/c17-15-9-6-11-16(15)10-4-5-12-18(16)13-14-7-2-1-3-8-14/h1-3,7-8,15H,4-6,9-13,17H2. The largest absolute Gasteiger partial charge is 0.326 e. The smallest absolute Gasteiger partial charge is 0.0363 e. The van der Waals surface area contributed by atoms with Crippen molar-refractivity contribution in [3.63, 3.8) is 0 Å². The molecule has 2 N–H and O–H groups in total. The monoisotopic (exact) mass is 244 g/mol. The Morgan fingerprint density at radius 2 is 1.89 bits per heavy atom. The van der Waals surface area contributed by atoms with Crippen molar-refractivity contribution >= 4 is 0 Å². The predicted molar refractivity (Wildman–Crippen MR) is 75.3 cm³/mol. The molecule has 0 radical (unpaired) electrons. The van der Waals surface area contributed by atoms with E-state index in [-0.39, 0.29) is 0 Å². The number of nitrogens with two attached hydrogens (primary N) is 1. The van der Waals surface area contributed by atoms with Crippen molar-refractivity contribution < 1.29 is 0 Å². The van der Waals surface area contributed by atoms with Crippen molar-refractivity contribution in [1.82, 2.24) is 4.90 Å². The second-order valence-corrected chi connectivity index (χ2v) is 5.97. The summed E-state index contributed by atoms with van der Waals surface area (Å²) < 4.78 is 0. The Morgan fingerprint density at radius 1 is 1.11 bits per heavy atom. The van der Waals surface area contributed by atoms with Crippen LogP contribution >= 0.6 is 0 Å². The molecule has 2 unspecified atom stereocenters. The summed E-state index contributed by atoms with van der Waals surface area (Å²) in [5.41, 5.74) is 8.19. The highest BCUT2D eigenvalue weighted by atomic mass is 15.2. The first-order valence-corrected chi connectivity index (χ1v) is 7.36. The molecule has 2 heteroatoms. The molecule has 2 atom stereocenters. The van der Waals surface area contributed by atoms with Crippen LogP contribution in [-0.4, -0.2) is 23.0 Å². The van der Waals surface area contributed by atoms with Crippen molar-refractivity contribution in [2.75, 3.05) is 6.54 Å². The van der Waals surface area contributed by atoms with Crippen LogP contribution in [0, 0.1) is 0 Å². The molecule has 0 bridgehead atoms. The summed E-state index contributed by atoms with van der Waals surface area (Å²) >= 11 is 0. The van der Waals surface area contributed by atoms with Gasteiger partial charge < -0.3 is 5.73 Å². The van der Waals surface area contributed by atoms with Gasteiger partial charge in [-0.05, 0) is 44.2 Å². The first kappa shape index (κ1) is 12.2. The van der Waals surface area contributed by atoms with Gasteiger partial charge >= 0.3 is 0 Å². The number of hydrogen-bond donors (Lipinski definition) is 1. The van der Waals surface area contributed by atoms with Crippen LogP contribution in [0.2, 0.25) is 0 Å². The lowest BCUT2D eigenvalue weighted by atomic mass is 9.82. The fourth-order valence-corrected chi connectivity index (χ4v) is 3.94. The number of rotatable bonds is 2. The van der Waals surface area contributed by atoms with E-state index in [4.69, 9.17) is 5.73 Å². The van der Waals surface area contributed by atoms with E-state index in [1.165, 1.54) is 50.6 Å². The highest BCUT2D eigenvalue weighted by Gasteiger charge is 2.46. The van der Waals surface area contributed by atoms with Crippen molar-refractivity contribution in [2.24, 2.45) is 5.73 Å². The van der Waals surface area contributed by atoms with Crippen LogP contribution in [0.25, 0.3) is 0 Å². The Bertz CT molecular complexity index is 389. The maximum Gasteiger partial charge on any atom is 0.0363 e. The van der Waals surface area contributed by atoms with Crippen LogP contribution < -0.4 is 5.73 Å². The van der Waals surface area contributed by atoms with Crippen molar-refractivity contribution in [3.05, 3.63) is 35.9 Å². The third-order valence-electron chi connectivity index (χ3n) is 4.95. The zero-order chi connectivity index (χ0) is 12.4. The van der Waals surface area contributed by atoms with E-state index >= 15 is 0 Å². The van der Waals surface area contributed by atoms with Crippen LogP contribution in [0.5, 0.6) is 0 Å². The number of benzene rings is 1. The summed E-state index contributed by atoms with van der Waals surface area (Å²) in [7, 11) is 0. The molecule has 1 aliphatic heterocycles. The maximum atomic E-state index is 6.45. The Labute approximate surface area is 110 Å². The summed E-state index contributed by atoms with van der Waals surface area (Å²) in [6.45, 7) is 2.30. The fourth-order valence-electron chi connectivity index (χ4n) is 3.94. The van der Waals surface area contributed by atoms with Gasteiger partial charge in [-0.3, -0.25) is 4.90 Å². The first-order valence-electron chi connectivity index (χ1n) is 7.36. The Morgan fingerprint density at radius 3 is 2.61 bits per heavy atom. The normalized spacial score (nSPS) is 33.1. The summed E-state index contributed by atoms with van der Waals surface area (Å²) in [6, 6.07) is 11.2. The lowest BCUT2D eigenvalue weighted by Crippen LogP contribution is -2.58. The highest BCUT2D eigenvalue weighted by molar-refractivity contribution is 5.16. The number of nitrogens with zero attached hydrogens (tertiary/aromatic N) is 1. The van der Waals surface area contributed by atoms with Gasteiger partial charge in [0.05, 0.1) is 0 Å². The molecule has 0 amide bonds. The number of likely N-dealkylation sites (tertiary alicyclic amines) is 1. The molecule has 0 aromatic heterocycles. The van der Waals surface area contributed by atoms with Gasteiger partial charge in [0, 0.05) is 18.1 Å². The van der Waals surface area contributed by atoms with Gasteiger partial charge in [0.2, 0.25) is 0 Å². The Kier molecular flexibility index (Phi) is 3.40. The third-order valence-corrected chi connectivity index (χ3v) is 4.95. The first-order chi connectivity index (χ1) is 8.81. The summed E-state index contributed by atoms with van der Waals surface area (Å²) in [4.78, 5) is 2.68. The van der Waals surface area contributed by atoms with Gasteiger partial charge in [0.1, 0.15) is 0 Å². The molecule has 1 spiro atoms. The van der Waals surface area contributed by atoms with Crippen LogP contribution in [0.1, 0.15) is 44.1 Å². The van der Waals surface area contributed by atoms with Gasteiger partial charge in [-0.1, -0.05) is 36.8 Å². The molecule has 18 heavy (non-hydrogen) atoms. The van der Waals surface area contributed by atoms with Crippen LogP contribution in [0.4, 0.5) is 0 Å². The molecule has 1 saturated carbocycles. The maximum absolute atomic E-state index is 6.45. The van der Waals surface area contributed by atoms with Gasteiger partial charge in [-0.25, -0.2) is 0 Å². The van der Waals surface area contributed by atoms with Gasteiger partial charge in [0.25, 0.3) is 0 Å². The molecule has 2 fully saturated rings. The highest BCUT2D eigenvalue weighted by Crippen LogP contribution is 2.41. The zero-order valence-corrected chi connectivity index (χ0v) is 11.1. The third kappa shape index (κ3) is 2.08. The minimum atomic E-state index is 0.314. The molecular weight excluding hydrogens is 220 g/mol. The molecular formula is C16H24N2. The van der Waals surface area contributed by atoms with E-state index in [2.05, 4.69) is 35.2 Å². The molecule has 1 heterocycles. The fraction of sp³-hybridized carbons (Fsp3) is 0.625. The van der Waals surface area contributed by atoms with Gasteiger partial charge in [-0.2, -0.15) is 0 Å². The van der Waals surface area contributed by atoms with E-state index in [0.29, 0.717) is 11.6 Å². The lowest BCUT2D eigenvalue weighted by Gasteiger charge is -2.48. The van der Waals surface area contributed by atoms with Crippen LogP contribution in [-0.2, 0) is 6.54 Å². The number of hydrogen-bond acceptors (Lipinski definition) is 2. The van der Waals surface area contributed by atoms with E-state index < -0.39 is 0 Å². The van der Waals surface area contributed by atoms with E-state index in [1.54, 1.807) is 0 Å². The van der Waals surface area contributed by atoms with Crippen molar-refractivity contribution in [1.29, 1.82) is 0 Å². The minimum absolute atomic E-state index is 0.314. The van der Waals surface area contributed by atoms with Crippen LogP contribution in [0.3, 0.4) is 0 Å². The van der Waals surface area contributed by atoms with E-state index in [9.17, 15) is 0 Å². The molecule has 2 aliphatic rings. The van der Waals surface area contributed by atoms with Crippen LogP contribution in [0.15, 0.2) is 30.3 Å². The minimum Gasteiger partial charge on any atom is -0.326 e. The van der Waals surface area contributed by atoms with Crippen molar-refractivity contribution in [3.8, 4) is 0 Å². The molecule has 1 aliphatic carbocycles. The SMILES string of the molecule is NC1CCCC12CCCCN2Cc1ccccc1. The molecule has 1 aromatic carbocycles. The summed E-state index contributed by atoms with van der Waals surface area (Å²) in [5.74, 6) is 0. The molecule has 3 rings (SSSR count). The lowest BCUT2D eigenvalue weighted by molar-refractivity contribution is 0.0315. The summed E-state index contributed by atoms with van der Waals surface area (Å²) in [5, 5.41) is 0. The van der Waals surface area contributed by atoms with E-state index in [1.807, 2.05) is 0 Å². The quantitative estimate of drug-likeness (QED) is 0.866. The molecule has 1 saturated heterocycles. The van der Waals surface area contributed by atoms with E-state index in [0.717, 1.165) is 6.54 Å². The Hall–Kier alpha value is -0.860. The zero-order valence-electron chi connectivity index (χ0n) is 11.1. The molecule has 1 aromatic rings. The van der Waals surface area contributed by atoms with Gasteiger partial charge in [-0.15, -0.1) is 0 Å².